The molecule has 16 heavy (non-hydrogen) atoms. The number of hydrogen-bond donors (Lipinski definition) is 0. The third kappa shape index (κ3) is 1.66. The van der Waals surface area contributed by atoms with Crippen LogP contribution in [0.15, 0.2) is 17.5 Å². The molecule has 1 fully saturated rings. The fraction of sp³-hybridized carbons (Fsp3) is 0.538. The van der Waals surface area contributed by atoms with Crippen LogP contribution in [0.25, 0.3) is 0 Å². The maximum absolute atomic E-state index is 5.80. The van der Waals surface area contributed by atoms with Crippen LogP contribution in [-0.2, 0) is 9.84 Å². The molecule has 0 spiro atoms. The second kappa shape index (κ2) is 4.75. The summed E-state index contributed by atoms with van der Waals surface area (Å²) in [6.45, 7) is 2.33. The standard InChI is InChI=1S/C13H18OSSi/c1-3-5-11(14-16)13(8-7-10(13)2)12-6-4-9-15-12/h1,4,6,9-11H,5,7-8H2,2,16H3. The first-order chi connectivity index (χ1) is 7.75. The van der Waals surface area contributed by atoms with Crippen molar-refractivity contribution < 1.29 is 4.43 Å². The van der Waals surface area contributed by atoms with Gasteiger partial charge in [0.1, 0.15) is 10.5 Å². The van der Waals surface area contributed by atoms with Gasteiger partial charge in [0.05, 0.1) is 6.10 Å². The lowest BCUT2D eigenvalue weighted by molar-refractivity contribution is 0.00994. The Morgan fingerprint density at radius 3 is 3.00 bits per heavy atom. The highest BCUT2D eigenvalue weighted by Gasteiger charge is 2.51. The predicted molar refractivity (Wildman–Crippen MR) is 72.7 cm³/mol. The van der Waals surface area contributed by atoms with Gasteiger partial charge in [0.25, 0.3) is 0 Å². The molecule has 1 aliphatic rings. The van der Waals surface area contributed by atoms with Crippen LogP contribution < -0.4 is 0 Å². The van der Waals surface area contributed by atoms with Gasteiger partial charge in [0.15, 0.2) is 0 Å². The zero-order valence-electron chi connectivity index (χ0n) is 9.90. The Morgan fingerprint density at radius 1 is 1.81 bits per heavy atom. The zero-order valence-corrected chi connectivity index (χ0v) is 12.7. The van der Waals surface area contributed by atoms with Crippen molar-refractivity contribution >= 4 is 21.8 Å². The minimum Gasteiger partial charge on any atom is -0.423 e. The molecule has 1 heterocycles. The first-order valence-electron chi connectivity index (χ1n) is 5.76. The van der Waals surface area contributed by atoms with Gasteiger partial charge in [0.2, 0.25) is 0 Å². The predicted octanol–water partition coefficient (Wildman–Crippen LogP) is 2.10. The molecule has 0 amide bonds. The number of thiophene rings is 1. The van der Waals surface area contributed by atoms with E-state index in [0.29, 0.717) is 5.92 Å². The van der Waals surface area contributed by atoms with Crippen molar-refractivity contribution in [2.24, 2.45) is 5.92 Å². The molecule has 0 radical (unpaired) electrons. The van der Waals surface area contributed by atoms with Crippen LogP contribution in [0.5, 0.6) is 0 Å². The average Bonchev–Trinajstić information content (AvgIpc) is 2.80. The van der Waals surface area contributed by atoms with E-state index in [-0.39, 0.29) is 11.5 Å². The summed E-state index contributed by atoms with van der Waals surface area (Å²) in [6, 6.07) is 4.37. The van der Waals surface area contributed by atoms with Gasteiger partial charge in [-0.15, -0.1) is 23.7 Å². The maximum Gasteiger partial charge on any atom is 0.146 e. The second-order valence-electron chi connectivity index (χ2n) is 4.59. The Morgan fingerprint density at radius 2 is 2.62 bits per heavy atom. The molecule has 1 nitrogen and oxygen atoms in total. The molecule has 0 aromatic carbocycles. The summed E-state index contributed by atoms with van der Waals surface area (Å²) in [7, 11) is 0.766. The van der Waals surface area contributed by atoms with Crippen LogP contribution in [0.2, 0.25) is 0 Å². The molecule has 0 saturated heterocycles. The van der Waals surface area contributed by atoms with Gasteiger partial charge < -0.3 is 4.43 Å². The Hall–Kier alpha value is -0.563. The third-order valence-corrected chi connectivity index (χ3v) is 5.64. The van der Waals surface area contributed by atoms with Gasteiger partial charge in [-0.2, -0.15) is 0 Å². The Balaban J connectivity index is 2.33. The van der Waals surface area contributed by atoms with Gasteiger partial charge in [-0.3, -0.25) is 0 Å². The minimum atomic E-state index is 0.211. The van der Waals surface area contributed by atoms with Gasteiger partial charge >= 0.3 is 0 Å². The molecule has 1 aromatic heterocycles. The maximum atomic E-state index is 5.80. The molecular weight excluding hydrogens is 232 g/mol. The van der Waals surface area contributed by atoms with Crippen molar-refractivity contribution in [1.29, 1.82) is 0 Å². The van der Waals surface area contributed by atoms with Gasteiger partial charge in [-0.25, -0.2) is 0 Å². The molecule has 0 aliphatic heterocycles. The normalized spacial score (nSPS) is 30.6. The van der Waals surface area contributed by atoms with E-state index < -0.39 is 0 Å². The first-order valence-corrected chi connectivity index (χ1v) is 7.45. The summed E-state index contributed by atoms with van der Waals surface area (Å²) in [6.07, 6.45) is 8.96. The van der Waals surface area contributed by atoms with E-state index in [1.54, 1.807) is 0 Å². The van der Waals surface area contributed by atoms with E-state index in [1.807, 2.05) is 11.3 Å². The van der Waals surface area contributed by atoms with Crippen LogP contribution in [0.4, 0.5) is 0 Å². The molecule has 3 atom stereocenters. The molecule has 1 saturated carbocycles. The fourth-order valence-corrected chi connectivity index (χ4v) is 4.58. The summed E-state index contributed by atoms with van der Waals surface area (Å²) >= 11 is 1.85. The van der Waals surface area contributed by atoms with Gasteiger partial charge in [-0.1, -0.05) is 13.0 Å². The fourth-order valence-electron chi connectivity index (χ4n) is 2.87. The molecular formula is C13H18OSSi. The van der Waals surface area contributed by atoms with Crippen LogP contribution in [-0.4, -0.2) is 16.6 Å². The molecule has 3 heteroatoms. The Labute approximate surface area is 105 Å². The highest BCUT2D eigenvalue weighted by atomic mass is 32.1. The number of terminal acetylenes is 1. The topological polar surface area (TPSA) is 9.23 Å². The van der Waals surface area contributed by atoms with Crippen LogP contribution in [0.3, 0.4) is 0 Å². The third-order valence-electron chi connectivity index (χ3n) is 4.01. The minimum absolute atomic E-state index is 0.211. The smallest absolute Gasteiger partial charge is 0.146 e. The molecule has 1 aliphatic carbocycles. The lowest BCUT2D eigenvalue weighted by Crippen LogP contribution is -2.52. The van der Waals surface area contributed by atoms with E-state index in [0.717, 1.165) is 16.9 Å². The Kier molecular flexibility index (Phi) is 3.53. The van der Waals surface area contributed by atoms with Crippen LogP contribution >= 0.6 is 11.3 Å². The quantitative estimate of drug-likeness (QED) is 0.587. The van der Waals surface area contributed by atoms with E-state index in [2.05, 4.69) is 30.4 Å². The molecule has 3 unspecified atom stereocenters. The highest BCUT2D eigenvalue weighted by molar-refractivity contribution is 7.10. The number of hydrogen-bond acceptors (Lipinski definition) is 2. The van der Waals surface area contributed by atoms with Gasteiger partial charge in [-0.05, 0) is 30.2 Å². The molecule has 2 rings (SSSR count). The summed E-state index contributed by atoms with van der Waals surface area (Å²) in [4.78, 5) is 1.46. The van der Waals surface area contributed by atoms with E-state index in [9.17, 15) is 0 Å². The summed E-state index contributed by atoms with van der Waals surface area (Å²) in [5, 5.41) is 2.15. The van der Waals surface area contributed by atoms with Crippen LogP contribution in [0, 0.1) is 18.3 Å². The largest absolute Gasteiger partial charge is 0.423 e. The second-order valence-corrected chi connectivity index (χ2v) is 6.01. The van der Waals surface area contributed by atoms with Gasteiger partial charge in [0, 0.05) is 16.7 Å². The summed E-state index contributed by atoms with van der Waals surface area (Å²) in [5.74, 6) is 3.47. The van der Waals surface area contributed by atoms with E-state index in [1.165, 1.54) is 17.7 Å². The van der Waals surface area contributed by atoms with Crippen molar-refractivity contribution in [1.82, 2.24) is 0 Å². The van der Waals surface area contributed by atoms with Crippen molar-refractivity contribution in [2.45, 2.75) is 37.7 Å². The Bertz CT molecular complexity index is 381. The number of rotatable bonds is 4. The van der Waals surface area contributed by atoms with Crippen molar-refractivity contribution in [3.63, 3.8) is 0 Å². The van der Waals surface area contributed by atoms with E-state index >= 15 is 0 Å². The summed E-state index contributed by atoms with van der Waals surface area (Å²) < 4.78 is 5.80. The van der Waals surface area contributed by atoms with Crippen molar-refractivity contribution in [3.05, 3.63) is 22.4 Å². The lowest BCUT2D eigenvalue weighted by Gasteiger charge is -2.52. The lowest BCUT2D eigenvalue weighted by atomic mass is 9.56. The highest BCUT2D eigenvalue weighted by Crippen LogP contribution is 2.53. The van der Waals surface area contributed by atoms with Crippen molar-refractivity contribution in [2.75, 3.05) is 0 Å². The molecule has 1 aromatic rings. The van der Waals surface area contributed by atoms with E-state index in [4.69, 9.17) is 10.8 Å². The molecule has 0 N–H and O–H groups in total. The monoisotopic (exact) mass is 250 g/mol. The summed E-state index contributed by atoms with van der Waals surface area (Å²) in [5.41, 5.74) is 0.211. The molecule has 0 bridgehead atoms. The SMILES string of the molecule is C#CCC(O[SiH3])C1(c2cccs2)CCC1C. The van der Waals surface area contributed by atoms with Crippen molar-refractivity contribution in [3.8, 4) is 12.3 Å². The molecule has 86 valence electrons. The van der Waals surface area contributed by atoms with Crippen LogP contribution in [0.1, 0.15) is 31.1 Å². The first kappa shape index (κ1) is 11.9. The zero-order chi connectivity index (χ0) is 11.6. The average molecular weight is 250 g/mol.